The first-order chi connectivity index (χ1) is 9.31. The van der Waals surface area contributed by atoms with Crippen molar-refractivity contribution in [2.75, 3.05) is 6.54 Å². The standard InChI is InChI=1S/C17H30N2/c1-4-7-8-16(6-3)17(19-11-5-2)14-15-9-12-18-13-10-15/h9-10,12-13,16-17,19H,4-8,11,14H2,1-3H3. The molecule has 0 saturated carbocycles. The van der Waals surface area contributed by atoms with Gasteiger partial charge in [0.1, 0.15) is 0 Å². The number of nitrogens with zero attached hydrogens (tertiary/aromatic N) is 1. The number of aromatic nitrogens is 1. The zero-order valence-corrected chi connectivity index (χ0v) is 12.9. The summed E-state index contributed by atoms with van der Waals surface area (Å²) in [7, 11) is 0. The molecule has 0 fully saturated rings. The molecule has 2 heteroatoms. The van der Waals surface area contributed by atoms with Crippen LogP contribution in [0.25, 0.3) is 0 Å². The van der Waals surface area contributed by atoms with E-state index >= 15 is 0 Å². The van der Waals surface area contributed by atoms with Crippen LogP contribution in [-0.2, 0) is 6.42 Å². The van der Waals surface area contributed by atoms with Crippen molar-refractivity contribution in [2.24, 2.45) is 5.92 Å². The Morgan fingerprint density at radius 3 is 2.42 bits per heavy atom. The van der Waals surface area contributed by atoms with Crippen LogP contribution in [-0.4, -0.2) is 17.6 Å². The summed E-state index contributed by atoms with van der Waals surface area (Å²) in [6.07, 6.45) is 11.4. The second-order valence-corrected chi connectivity index (χ2v) is 5.43. The molecule has 108 valence electrons. The lowest BCUT2D eigenvalue weighted by Gasteiger charge is -2.27. The molecule has 1 aromatic rings. The quantitative estimate of drug-likeness (QED) is 0.683. The van der Waals surface area contributed by atoms with Crippen molar-refractivity contribution < 1.29 is 0 Å². The van der Waals surface area contributed by atoms with Gasteiger partial charge in [-0.25, -0.2) is 0 Å². The minimum Gasteiger partial charge on any atom is -0.313 e. The highest BCUT2D eigenvalue weighted by atomic mass is 14.9. The van der Waals surface area contributed by atoms with E-state index in [4.69, 9.17) is 0 Å². The summed E-state index contributed by atoms with van der Waals surface area (Å²) in [5, 5.41) is 3.76. The summed E-state index contributed by atoms with van der Waals surface area (Å²) in [5.41, 5.74) is 1.40. The third kappa shape index (κ3) is 6.20. The lowest BCUT2D eigenvalue weighted by atomic mass is 9.87. The second-order valence-electron chi connectivity index (χ2n) is 5.43. The molecule has 0 saturated heterocycles. The molecule has 0 aliphatic rings. The van der Waals surface area contributed by atoms with Gasteiger partial charge in [-0.1, -0.05) is 40.0 Å². The van der Waals surface area contributed by atoms with E-state index in [9.17, 15) is 0 Å². The number of hydrogen-bond acceptors (Lipinski definition) is 2. The van der Waals surface area contributed by atoms with Crippen LogP contribution in [0.2, 0.25) is 0 Å². The average Bonchev–Trinajstić information content (AvgIpc) is 2.46. The van der Waals surface area contributed by atoms with Gasteiger partial charge in [-0.2, -0.15) is 0 Å². The highest BCUT2D eigenvalue weighted by molar-refractivity contribution is 5.11. The lowest BCUT2D eigenvalue weighted by molar-refractivity contribution is 0.315. The van der Waals surface area contributed by atoms with Crippen molar-refractivity contribution in [3.05, 3.63) is 30.1 Å². The number of unbranched alkanes of at least 4 members (excludes halogenated alkanes) is 1. The van der Waals surface area contributed by atoms with Crippen molar-refractivity contribution in [3.63, 3.8) is 0 Å². The maximum absolute atomic E-state index is 4.11. The molecule has 1 rings (SSSR count). The molecule has 0 radical (unpaired) electrons. The van der Waals surface area contributed by atoms with Gasteiger partial charge in [0.05, 0.1) is 0 Å². The first-order valence-electron chi connectivity index (χ1n) is 7.94. The van der Waals surface area contributed by atoms with E-state index in [-0.39, 0.29) is 0 Å². The zero-order chi connectivity index (χ0) is 13.9. The van der Waals surface area contributed by atoms with Crippen molar-refractivity contribution in [2.45, 2.75) is 65.3 Å². The predicted octanol–water partition coefficient (Wildman–Crippen LogP) is 4.21. The van der Waals surface area contributed by atoms with Gasteiger partial charge < -0.3 is 5.32 Å². The Labute approximate surface area is 119 Å². The smallest absolute Gasteiger partial charge is 0.0270 e. The van der Waals surface area contributed by atoms with Crippen LogP contribution in [0.4, 0.5) is 0 Å². The molecule has 0 spiro atoms. The van der Waals surface area contributed by atoms with E-state index in [1.807, 2.05) is 12.4 Å². The van der Waals surface area contributed by atoms with Crippen LogP contribution in [0.3, 0.4) is 0 Å². The summed E-state index contributed by atoms with van der Waals surface area (Å²) in [4.78, 5) is 4.11. The van der Waals surface area contributed by atoms with Crippen LogP contribution in [0, 0.1) is 5.92 Å². The summed E-state index contributed by atoms with van der Waals surface area (Å²) < 4.78 is 0. The Morgan fingerprint density at radius 1 is 1.11 bits per heavy atom. The monoisotopic (exact) mass is 262 g/mol. The van der Waals surface area contributed by atoms with Crippen molar-refractivity contribution in [3.8, 4) is 0 Å². The average molecular weight is 262 g/mol. The third-order valence-corrected chi connectivity index (χ3v) is 3.88. The maximum atomic E-state index is 4.11. The summed E-state index contributed by atoms with van der Waals surface area (Å²) in [6.45, 7) is 7.97. The van der Waals surface area contributed by atoms with E-state index in [1.54, 1.807) is 0 Å². The van der Waals surface area contributed by atoms with Crippen molar-refractivity contribution in [1.29, 1.82) is 0 Å². The van der Waals surface area contributed by atoms with E-state index in [2.05, 4.69) is 43.2 Å². The fourth-order valence-corrected chi connectivity index (χ4v) is 2.66. The Morgan fingerprint density at radius 2 is 1.84 bits per heavy atom. The minimum absolute atomic E-state index is 0.610. The molecule has 19 heavy (non-hydrogen) atoms. The number of hydrogen-bond donors (Lipinski definition) is 1. The van der Waals surface area contributed by atoms with Crippen LogP contribution in [0.15, 0.2) is 24.5 Å². The fraction of sp³-hybridized carbons (Fsp3) is 0.706. The van der Waals surface area contributed by atoms with Gasteiger partial charge in [0.2, 0.25) is 0 Å². The molecular formula is C17H30N2. The Balaban J connectivity index is 2.63. The lowest BCUT2D eigenvalue weighted by Crippen LogP contribution is -2.38. The SMILES string of the molecule is CCCCC(CC)C(Cc1ccncc1)NCCC. The molecule has 0 aromatic carbocycles. The van der Waals surface area contributed by atoms with Crippen molar-refractivity contribution in [1.82, 2.24) is 10.3 Å². The van der Waals surface area contributed by atoms with Gasteiger partial charge in [0, 0.05) is 18.4 Å². The number of pyridine rings is 1. The first kappa shape index (κ1) is 16.2. The van der Waals surface area contributed by atoms with Gasteiger partial charge in [-0.15, -0.1) is 0 Å². The number of nitrogens with one attached hydrogen (secondary N) is 1. The summed E-state index contributed by atoms with van der Waals surface area (Å²) >= 11 is 0. The predicted molar refractivity (Wildman–Crippen MR) is 83.3 cm³/mol. The third-order valence-electron chi connectivity index (χ3n) is 3.88. The highest BCUT2D eigenvalue weighted by Gasteiger charge is 2.19. The highest BCUT2D eigenvalue weighted by Crippen LogP contribution is 2.20. The van der Waals surface area contributed by atoms with Crippen LogP contribution in [0.5, 0.6) is 0 Å². The molecule has 2 atom stereocenters. The number of rotatable bonds is 10. The normalized spacial score (nSPS) is 14.3. The van der Waals surface area contributed by atoms with Gasteiger partial charge in [-0.3, -0.25) is 4.98 Å². The molecule has 2 unspecified atom stereocenters. The molecule has 0 aliphatic heterocycles. The Bertz CT molecular complexity index is 310. The van der Waals surface area contributed by atoms with E-state index in [0.29, 0.717) is 6.04 Å². The van der Waals surface area contributed by atoms with E-state index < -0.39 is 0 Å². The molecule has 1 aromatic heterocycles. The Hall–Kier alpha value is -0.890. The molecular weight excluding hydrogens is 232 g/mol. The van der Waals surface area contributed by atoms with Gasteiger partial charge in [0.15, 0.2) is 0 Å². The maximum Gasteiger partial charge on any atom is 0.0270 e. The zero-order valence-electron chi connectivity index (χ0n) is 12.9. The van der Waals surface area contributed by atoms with Crippen molar-refractivity contribution >= 4 is 0 Å². The fourth-order valence-electron chi connectivity index (χ4n) is 2.66. The van der Waals surface area contributed by atoms with E-state index in [0.717, 1.165) is 18.9 Å². The topological polar surface area (TPSA) is 24.9 Å². The summed E-state index contributed by atoms with van der Waals surface area (Å²) in [6, 6.07) is 4.90. The van der Waals surface area contributed by atoms with Gasteiger partial charge in [-0.05, 0) is 49.4 Å². The molecule has 0 amide bonds. The molecule has 1 N–H and O–H groups in total. The van der Waals surface area contributed by atoms with Gasteiger partial charge >= 0.3 is 0 Å². The van der Waals surface area contributed by atoms with E-state index in [1.165, 1.54) is 37.7 Å². The first-order valence-corrected chi connectivity index (χ1v) is 7.94. The second kappa shape index (κ2) is 9.96. The summed E-state index contributed by atoms with van der Waals surface area (Å²) in [5.74, 6) is 0.791. The minimum atomic E-state index is 0.610. The Kier molecular flexibility index (Phi) is 8.48. The molecule has 0 bridgehead atoms. The van der Waals surface area contributed by atoms with Crippen LogP contribution >= 0.6 is 0 Å². The molecule has 0 aliphatic carbocycles. The van der Waals surface area contributed by atoms with Crippen LogP contribution < -0.4 is 5.32 Å². The molecule has 1 heterocycles. The molecule has 2 nitrogen and oxygen atoms in total. The van der Waals surface area contributed by atoms with Gasteiger partial charge in [0.25, 0.3) is 0 Å². The largest absolute Gasteiger partial charge is 0.313 e. The van der Waals surface area contributed by atoms with Crippen LogP contribution in [0.1, 0.15) is 58.4 Å².